The lowest BCUT2D eigenvalue weighted by Crippen LogP contribution is -2.42. The van der Waals surface area contributed by atoms with Crippen LogP contribution in [-0.4, -0.2) is 37.5 Å². The number of rotatable bonds is 5. The van der Waals surface area contributed by atoms with Gasteiger partial charge in [0.05, 0.1) is 16.6 Å². The van der Waals surface area contributed by atoms with Gasteiger partial charge < -0.3 is 16.0 Å². The Morgan fingerprint density at radius 1 is 1.24 bits per heavy atom. The molecule has 1 aliphatic heterocycles. The number of halogens is 2. The average molecular weight is 330 g/mol. The van der Waals surface area contributed by atoms with Crippen molar-refractivity contribution < 1.29 is 9.59 Å². The largest absolute Gasteiger partial charge is 0.353 e. The number of carbonyl (C=O) groups is 2. The highest BCUT2D eigenvalue weighted by Gasteiger charge is 2.15. The van der Waals surface area contributed by atoms with E-state index in [-0.39, 0.29) is 18.4 Å². The SMILES string of the molecule is O=C(CNC(=O)c1ccc(Cl)c(Cl)c1)NCC1CCCN1. The molecule has 1 atom stereocenters. The summed E-state index contributed by atoms with van der Waals surface area (Å²) in [5.74, 6) is -0.570. The minimum atomic E-state index is -0.359. The fourth-order valence-electron chi connectivity index (χ4n) is 2.13. The second kappa shape index (κ2) is 7.64. The van der Waals surface area contributed by atoms with Crippen LogP contribution >= 0.6 is 23.2 Å². The van der Waals surface area contributed by atoms with E-state index in [1.165, 1.54) is 6.07 Å². The van der Waals surface area contributed by atoms with E-state index in [0.29, 0.717) is 28.2 Å². The molecule has 1 aliphatic rings. The summed E-state index contributed by atoms with van der Waals surface area (Å²) in [4.78, 5) is 23.5. The zero-order valence-electron chi connectivity index (χ0n) is 11.4. The molecule has 7 heteroatoms. The van der Waals surface area contributed by atoms with Gasteiger partial charge in [0.25, 0.3) is 5.91 Å². The molecule has 1 aromatic rings. The standard InChI is InChI=1S/C14H17Cl2N3O2/c15-11-4-3-9(6-12(11)16)14(21)19-8-13(20)18-7-10-2-1-5-17-10/h3-4,6,10,17H,1-2,5,7-8H2,(H,18,20)(H,19,21). The smallest absolute Gasteiger partial charge is 0.251 e. The van der Waals surface area contributed by atoms with Crippen molar-refractivity contribution in [3.63, 3.8) is 0 Å². The summed E-state index contributed by atoms with van der Waals surface area (Å²) in [5, 5.41) is 9.31. The van der Waals surface area contributed by atoms with Crippen LogP contribution in [-0.2, 0) is 4.79 Å². The van der Waals surface area contributed by atoms with Gasteiger partial charge in [0.2, 0.25) is 5.91 Å². The summed E-state index contributed by atoms with van der Waals surface area (Å²) in [6.45, 7) is 1.52. The van der Waals surface area contributed by atoms with Crippen molar-refractivity contribution in [3.8, 4) is 0 Å². The minimum absolute atomic E-state index is 0.0637. The van der Waals surface area contributed by atoms with E-state index in [1.807, 2.05) is 0 Å². The van der Waals surface area contributed by atoms with Gasteiger partial charge in [-0.15, -0.1) is 0 Å². The molecule has 1 aromatic carbocycles. The Morgan fingerprint density at radius 3 is 2.71 bits per heavy atom. The number of nitrogens with one attached hydrogen (secondary N) is 3. The molecule has 1 unspecified atom stereocenters. The van der Waals surface area contributed by atoms with Gasteiger partial charge in [-0.2, -0.15) is 0 Å². The first-order valence-corrected chi connectivity index (χ1v) is 7.55. The highest BCUT2D eigenvalue weighted by Crippen LogP contribution is 2.22. The Morgan fingerprint density at radius 2 is 2.05 bits per heavy atom. The van der Waals surface area contributed by atoms with Crippen molar-refractivity contribution >= 4 is 35.0 Å². The first-order chi connectivity index (χ1) is 10.1. The molecule has 1 saturated heterocycles. The van der Waals surface area contributed by atoms with Gasteiger partial charge in [0.1, 0.15) is 0 Å². The molecule has 114 valence electrons. The van der Waals surface area contributed by atoms with Gasteiger partial charge >= 0.3 is 0 Å². The highest BCUT2D eigenvalue weighted by molar-refractivity contribution is 6.42. The quantitative estimate of drug-likeness (QED) is 0.768. The number of carbonyl (C=O) groups excluding carboxylic acids is 2. The zero-order chi connectivity index (χ0) is 15.2. The monoisotopic (exact) mass is 329 g/mol. The van der Waals surface area contributed by atoms with Gasteiger partial charge in [0.15, 0.2) is 0 Å². The van der Waals surface area contributed by atoms with Crippen LogP contribution < -0.4 is 16.0 Å². The van der Waals surface area contributed by atoms with Crippen LogP contribution in [0.3, 0.4) is 0 Å². The Labute approximate surface area is 133 Å². The minimum Gasteiger partial charge on any atom is -0.353 e. The second-order valence-electron chi connectivity index (χ2n) is 4.91. The summed E-state index contributed by atoms with van der Waals surface area (Å²) in [5.41, 5.74) is 0.370. The molecule has 0 radical (unpaired) electrons. The lowest BCUT2D eigenvalue weighted by molar-refractivity contribution is -0.120. The van der Waals surface area contributed by atoms with Crippen LogP contribution in [0.4, 0.5) is 0 Å². The Balaban J connectivity index is 1.74. The van der Waals surface area contributed by atoms with E-state index in [2.05, 4.69) is 16.0 Å². The molecule has 0 bridgehead atoms. The van der Waals surface area contributed by atoms with Crippen molar-refractivity contribution in [2.75, 3.05) is 19.6 Å². The van der Waals surface area contributed by atoms with Gasteiger partial charge in [-0.25, -0.2) is 0 Å². The molecule has 1 heterocycles. The van der Waals surface area contributed by atoms with E-state index in [9.17, 15) is 9.59 Å². The van der Waals surface area contributed by atoms with Crippen LogP contribution in [0.1, 0.15) is 23.2 Å². The third kappa shape index (κ3) is 4.88. The van der Waals surface area contributed by atoms with Crippen LogP contribution in [0.5, 0.6) is 0 Å². The van der Waals surface area contributed by atoms with Crippen molar-refractivity contribution in [3.05, 3.63) is 33.8 Å². The predicted octanol–water partition coefficient (Wildman–Crippen LogP) is 1.59. The fourth-order valence-corrected chi connectivity index (χ4v) is 2.43. The first-order valence-electron chi connectivity index (χ1n) is 6.79. The highest BCUT2D eigenvalue weighted by atomic mass is 35.5. The molecule has 0 aromatic heterocycles. The molecule has 3 N–H and O–H groups in total. The molecule has 21 heavy (non-hydrogen) atoms. The summed E-state index contributed by atoms with van der Waals surface area (Å²) in [7, 11) is 0. The van der Waals surface area contributed by atoms with Gasteiger partial charge in [0, 0.05) is 18.2 Å². The molecular weight excluding hydrogens is 313 g/mol. The average Bonchev–Trinajstić information content (AvgIpc) is 2.98. The van der Waals surface area contributed by atoms with Crippen molar-refractivity contribution in [2.45, 2.75) is 18.9 Å². The number of benzene rings is 1. The van der Waals surface area contributed by atoms with Gasteiger partial charge in [-0.3, -0.25) is 9.59 Å². The maximum atomic E-state index is 11.9. The van der Waals surface area contributed by atoms with E-state index in [0.717, 1.165) is 19.4 Å². The molecule has 2 rings (SSSR count). The predicted molar refractivity (Wildman–Crippen MR) is 82.8 cm³/mol. The summed E-state index contributed by atoms with van der Waals surface area (Å²) in [6.07, 6.45) is 2.20. The summed E-state index contributed by atoms with van der Waals surface area (Å²) < 4.78 is 0. The number of hydrogen-bond donors (Lipinski definition) is 3. The topological polar surface area (TPSA) is 70.2 Å². The maximum Gasteiger partial charge on any atom is 0.251 e. The van der Waals surface area contributed by atoms with Crippen LogP contribution in [0.2, 0.25) is 10.0 Å². The van der Waals surface area contributed by atoms with Crippen molar-refractivity contribution in [2.24, 2.45) is 0 Å². The van der Waals surface area contributed by atoms with E-state index in [1.54, 1.807) is 12.1 Å². The number of hydrogen-bond acceptors (Lipinski definition) is 3. The Bertz CT molecular complexity index is 531. The van der Waals surface area contributed by atoms with E-state index >= 15 is 0 Å². The lowest BCUT2D eigenvalue weighted by Gasteiger charge is -2.12. The molecule has 1 fully saturated rings. The lowest BCUT2D eigenvalue weighted by atomic mass is 10.2. The molecule has 0 spiro atoms. The molecule has 5 nitrogen and oxygen atoms in total. The maximum absolute atomic E-state index is 11.9. The van der Waals surface area contributed by atoms with Crippen LogP contribution in [0, 0.1) is 0 Å². The Kier molecular flexibility index (Phi) is 5.85. The molecule has 0 aliphatic carbocycles. The van der Waals surface area contributed by atoms with Crippen LogP contribution in [0.25, 0.3) is 0 Å². The summed E-state index contributed by atoms with van der Waals surface area (Å²) in [6, 6.07) is 4.91. The molecule has 2 amide bonds. The Hall–Kier alpha value is -1.30. The molecule has 0 saturated carbocycles. The zero-order valence-corrected chi connectivity index (χ0v) is 12.9. The fraction of sp³-hybridized carbons (Fsp3) is 0.429. The summed E-state index contributed by atoms with van der Waals surface area (Å²) >= 11 is 11.6. The van der Waals surface area contributed by atoms with Crippen LogP contribution in [0.15, 0.2) is 18.2 Å². The number of amides is 2. The van der Waals surface area contributed by atoms with Gasteiger partial charge in [-0.05, 0) is 37.6 Å². The van der Waals surface area contributed by atoms with Crippen molar-refractivity contribution in [1.29, 1.82) is 0 Å². The molecular formula is C14H17Cl2N3O2. The van der Waals surface area contributed by atoms with Gasteiger partial charge in [-0.1, -0.05) is 23.2 Å². The van der Waals surface area contributed by atoms with E-state index in [4.69, 9.17) is 23.2 Å². The third-order valence-corrected chi connectivity index (χ3v) is 4.04. The first kappa shape index (κ1) is 16.1. The van der Waals surface area contributed by atoms with Crippen molar-refractivity contribution in [1.82, 2.24) is 16.0 Å². The van der Waals surface area contributed by atoms with E-state index < -0.39 is 0 Å². The second-order valence-corrected chi connectivity index (χ2v) is 5.72. The normalized spacial score (nSPS) is 17.5. The third-order valence-electron chi connectivity index (χ3n) is 3.30.